The van der Waals surface area contributed by atoms with Gasteiger partial charge in [-0.1, -0.05) is 0 Å². The van der Waals surface area contributed by atoms with Crippen LogP contribution in [0.2, 0.25) is 0 Å². The second kappa shape index (κ2) is 4.08. The highest BCUT2D eigenvalue weighted by molar-refractivity contribution is 5.85. The first-order valence-electron chi connectivity index (χ1n) is 5.57. The number of hydrogen-bond acceptors (Lipinski definition) is 3. The maximum atomic E-state index is 11.9. The van der Waals surface area contributed by atoms with E-state index in [4.69, 9.17) is 10.5 Å². The normalized spacial score (nSPS) is 31.8. The molecule has 1 amide bonds. The molecule has 4 nitrogen and oxygen atoms in total. The van der Waals surface area contributed by atoms with E-state index in [0.29, 0.717) is 12.5 Å². The van der Waals surface area contributed by atoms with E-state index in [2.05, 4.69) is 0 Å². The van der Waals surface area contributed by atoms with Crippen molar-refractivity contribution in [3.8, 4) is 0 Å². The molecule has 0 atom stereocenters. The molecule has 0 aromatic heterocycles. The van der Waals surface area contributed by atoms with Crippen molar-refractivity contribution in [3.63, 3.8) is 0 Å². The summed E-state index contributed by atoms with van der Waals surface area (Å²) in [6, 6.07) is 0. The van der Waals surface area contributed by atoms with E-state index >= 15 is 0 Å². The molecule has 16 heavy (non-hydrogen) atoms. The molecule has 0 radical (unpaired) electrons. The zero-order valence-electron chi connectivity index (χ0n) is 10.2. The summed E-state index contributed by atoms with van der Waals surface area (Å²) in [5.74, 6) is 0.654. The number of nitrogens with zero attached hydrogens (tertiary/aromatic N) is 1. The maximum Gasteiger partial charge on any atom is 0.410 e. The summed E-state index contributed by atoms with van der Waals surface area (Å²) in [6.45, 7) is 7.05. The summed E-state index contributed by atoms with van der Waals surface area (Å²) in [6.07, 6.45) is 1.92. The standard InChI is InChI=1S/C11H20N2O2.ClH/c1-10(2,3)15-9(14)13-6-8-4-11(13,5-8)7-12;/h8H,4-7,12H2,1-3H3;1H. The van der Waals surface area contributed by atoms with Crippen LogP contribution in [0.5, 0.6) is 0 Å². The molecule has 3 fully saturated rings. The van der Waals surface area contributed by atoms with Crippen molar-refractivity contribution < 1.29 is 9.53 Å². The Balaban J connectivity index is 0.00000128. The van der Waals surface area contributed by atoms with Gasteiger partial charge < -0.3 is 15.4 Å². The summed E-state index contributed by atoms with van der Waals surface area (Å²) < 4.78 is 5.38. The molecule has 0 aromatic rings. The second-order valence-electron chi connectivity index (χ2n) is 5.79. The van der Waals surface area contributed by atoms with E-state index in [1.165, 1.54) is 0 Å². The minimum Gasteiger partial charge on any atom is -0.444 e. The van der Waals surface area contributed by atoms with Crippen LogP contribution in [0, 0.1) is 5.92 Å². The van der Waals surface area contributed by atoms with Crippen molar-refractivity contribution in [2.24, 2.45) is 11.7 Å². The quantitative estimate of drug-likeness (QED) is 0.770. The zero-order valence-corrected chi connectivity index (χ0v) is 11.0. The highest BCUT2D eigenvalue weighted by atomic mass is 35.5. The Morgan fingerprint density at radius 1 is 1.50 bits per heavy atom. The Morgan fingerprint density at radius 2 is 2.06 bits per heavy atom. The van der Waals surface area contributed by atoms with Gasteiger partial charge >= 0.3 is 6.09 Å². The third-order valence-electron chi connectivity index (χ3n) is 3.34. The molecule has 0 spiro atoms. The summed E-state index contributed by atoms with van der Waals surface area (Å²) in [7, 11) is 0. The van der Waals surface area contributed by atoms with Crippen LogP contribution in [0.25, 0.3) is 0 Å². The van der Waals surface area contributed by atoms with Crippen molar-refractivity contribution >= 4 is 18.5 Å². The number of halogens is 1. The molecule has 94 valence electrons. The van der Waals surface area contributed by atoms with Crippen molar-refractivity contribution in [2.75, 3.05) is 13.1 Å². The minimum absolute atomic E-state index is 0. The van der Waals surface area contributed by atoms with Crippen LogP contribution in [-0.2, 0) is 4.74 Å². The zero-order chi connectivity index (χ0) is 11.3. The molecule has 2 bridgehead atoms. The van der Waals surface area contributed by atoms with Crippen LogP contribution in [0.15, 0.2) is 0 Å². The smallest absolute Gasteiger partial charge is 0.410 e. The lowest BCUT2D eigenvalue weighted by atomic mass is 9.73. The van der Waals surface area contributed by atoms with Gasteiger partial charge in [-0.15, -0.1) is 12.4 Å². The average Bonchev–Trinajstić information content (AvgIpc) is 2.52. The molecule has 5 heteroatoms. The Bertz CT molecular complexity index is 282. The highest BCUT2D eigenvalue weighted by Gasteiger charge is 2.57. The van der Waals surface area contributed by atoms with Crippen LogP contribution in [0.3, 0.4) is 0 Å². The molecule has 1 saturated carbocycles. The SMILES string of the molecule is CC(C)(C)OC(=O)N1CC2CC1(CN)C2.Cl. The van der Waals surface area contributed by atoms with Gasteiger partial charge in [-0.25, -0.2) is 4.79 Å². The van der Waals surface area contributed by atoms with Gasteiger partial charge in [0, 0.05) is 13.1 Å². The van der Waals surface area contributed by atoms with Gasteiger partial charge in [0.2, 0.25) is 0 Å². The van der Waals surface area contributed by atoms with Crippen molar-refractivity contribution in [1.82, 2.24) is 4.90 Å². The fourth-order valence-electron chi connectivity index (χ4n) is 2.68. The first-order valence-corrected chi connectivity index (χ1v) is 5.57. The number of hydrogen-bond donors (Lipinski definition) is 1. The van der Waals surface area contributed by atoms with Crippen LogP contribution in [0.1, 0.15) is 33.6 Å². The van der Waals surface area contributed by atoms with Gasteiger partial charge in [0.05, 0.1) is 5.54 Å². The summed E-state index contributed by atoms with van der Waals surface area (Å²) in [4.78, 5) is 13.7. The minimum atomic E-state index is -0.417. The lowest BCUT2D eigenvalue weighted by molar-refractivity contribution is 0.00889. The fraction of sp³-hybridized carbons (Fsp3) is 0.909. The number of ether oxygens (including phenoxy) is 1. The van der Waals surface area contributed by atoms with Gasteiger partial charge in [0.1, 0.15) is 5.60 Å². The van der Waals surface area contributed by atoms with E-state index in [9.17, 15) is 4.79 Å². The predicted octanol–water partition coefficient (Wildman–Crippen LogP) is 1.77. The molecule has 2 heterocycles. The molecule has 0 unspecified atom stereocenters. The average molecular weight is 249 g/mol. The van der Waals surface area contributed by atoms with Gasteiger partial charge in [-0.2, -0.15) is 0 Å². The third kappa shape index (κ3) is 2.13. The largest absolute Gasteiger partial charge is 0.444 e. The van der Waals surface area contributed by atoms with Crippen LogP contribution in [0.4, 0.5) is 4.79 Å². The van der Waals surface area contributed by atoms with Gasteiger partial charge in [-0.3, -0.25) is 0 Å². The summed E-state index contributed by atoms with van der Waals surface area (Å²) >= 11 is 0. The Kier molecular flexibility index (Phi) is 3.46. The Hall–Kier alpha value is -0.480. The topological polar surface area (TPSA) is 55.6 Å². The molecule has 2 aliphatic heterocycles. The molecular weight excluding hydrogens is 228 g/mol. The fourth-order valence-corrected chi connectivity index (χ4v) is 2.68. The first kappa shape index (κ1) is 13.6. The molecule has 3 rings (SSSR count). The molecule has 1 aliphatic carbocycles. The van der Waals surface area contributed by atoms with Gasteiger partial charge in [0.25, 0.3) is 0 Å². The maximum absolute atomic E-state index is 11.9. The van der Waals surface area contributed by atoms with E-state index < -0.39 is 5.60 Å². The van der Waals surface area contributed by atoms with Crippen LogP contribution in [-0.4, -0.2) is 35.2 Å². The van der Waals surface area contributed by atoms with Crippen molar-refractivity contribution in [3.05, 3.63) is 0 Å². The molecule has 2 saturated heterocycles. The number of fused-ring (bicyclic) bond motifs is 1. The first-order chi connectivity index (χ1) is 6.86. The molecule has 3 aliphatic rings. The number of rotatable bonds is 1. The van der Waals surface area contributed by atoms with Gasteiger partial charge in [0.15, 0.2) is 0 Å². The van der Waals surface area contributed by atoms with Crippen LogP contribution >= 0.6 is 12.4 Å². The van der Waals surface area contributed by atoms with E-state index in [-0.39, 0.29) is 24.0 Å². The number of nitrogens with two attached hydrogens (primary N) is 1. The number of amides is 1. The lowest BCUT2D eigenvalue weighted by Gasteiger charge is -2.41. The monoisotopic (exact) mass is 248 g/mol. The van der Waals surface area contributed by atoms with E-state index in [1.807, 2.05) is 25.7 Å². The highest BCUT2D eigenvalue weighted by Crippen LogP contribution is 2.50. The summed E-state index contributed by atoms with van der Waals surface area (Å²) in [5, 5.41) is 0. The van der Waals surface area contributed by atoms with Gasteiger partial charge in [-0.05, 0) is 39.5 Å². The van der Waals surface area contributed by atoms with E-state index in [1.54, 1.807) is 0 Å². The molecule has 2 N–H and O–H groups in total. The predicted molar refractivity (Wildman–Crippen MR) is 64.7 cm³/mol. The van der Waals surface area contributed by atoms with Crippen molar-refractivity contribution in [2.45, 2.75) is 44.8 Å². The Labute approximate surface area is 103 Å². The second-order valence-corrected chi connectivity index (χ2v) is 5.79. The Morgan fingerprint density at radius 3 is 2.50 bits per heavy atom. The number of carbonyl (C=O) groups is 1. The molecule has 0 aromatic carbocycles. The third-order valence-corrected chi connectivity index (χ3v) is 3.34. The number of carbonyl (C=O) groups excluding carboxylic acids is 1. The van der Waals surface area contributed by atoms with Crippen LogP contribution < -0.4 is 5.73 Å². The lowest BCUT2D eigenvalue weighted by Crippen LogP contribution is -2.54. The van der Waals surface area contributed by atoms with E-state index in [0.717, 1.165) is 19.4 Å². The van der Waals surface area contributed by atoms with Crippen molar-refractivity contribution in [1.29, 1.82) is 0 Å². The molecular formula is C11H21ClN2O2. The summed E-state index contributed by atoms with van der Waals surface area (Å²) in [5.41, 5.74) is 5.26.